The molecule has 7 heteroatoms. The number of halogens is 2. The van der Waals surface area contributed by atoms with Crippen molar-refractivity contribution in [1.29, 1.82) is 0 Å². The van der Waals surface area contributed by atoms with Crippen LogP contribution in [0.4, 0.5) is 10.1 Å². The normalized spacial score (nSPS) is 10.7. The summed E-state index contributed by atoms with van der Waals surface area (Å²) in [7, 11) is 0. The van der Waals surface area contributed by atoms with Gasteiger partial charge in [0.1, 0.15) is 5.82 Å². The molecule has 1 amide bonds. The van der Waals surface area contributed by atoms with Gasteiger partial charge in [0.25, 0.3) is 5.91 Å². The summed E-state index contributed by atoms with van der Waals surface area (Å²) in [5, 5.41) is 7.22. The number of amides is 1. The molecule has 0 bridgehead atoms. The van der Waals surface area contributed by atoms with Crippen LogP contribution in [0, 0.1) is 12.7 Å². The molecule has 4 aromatic rings. The maximum Gasteiger partial charge on any atom is 0.295 e. The van der Waals surface area contributed by atoms with E-state index in [1.54, 1.807) is 28.9 Å². The highest BCUT2D eigenvalue weighted by Gasteiger charge is 2.19. The average Bonchev–Trinajstić information content (AvgIpc) is 3.14. The van der Waals surface area contributed by atoms with Crippen molar-refractivity contribution >= 4 is 27.5 Å². The van der Waals surface area contributed by atoms with Gasteiger partial charge in [-0.05, 0) is 67.1 Å². The van der Waals surface area contributed by atoms with Crippen molar-refractivity contribution in [3.05, 3.63) is 94.5 Å². The number of nitrogens with one attached hydrogen (secondary N) is 1. The van der Waals surface area contributed by atoms with Crippen LogP contribution in [0.3, 0.4) is 0 Å². The first kappa shape index (κ1) is 19.0. The van der Waals surface area contributed by atoms with Crippen LogP contribution in [0.5, 0.6) is 0 Å². The van der Waals surface area contributed by atoms with E-state index >= 15 is 0 Å². The molecule has 0 spiro atoms. The Morgan fingerprint density at radius 1 is 1.03 bits per heavy atom. The fourth-order valence-electron chi connectivity index (χ4n) is 2.89. The summed E-state index contributed by atoms with van der Waals surface area (Å²) in [6.45, 7) is 1.97. The zero-order chi connectivity index (χ0) is 20.4. The summed E-state index contributed by atoms with van der Waals surface area (Å²) in [5.41, 5.74) is 3.09. The van der Waals surface area contributed by atoms with Crippen molar-refractivity contribution in [2.75, 3.05) is 5.32 Å². The number of nitrogens with zero attached hydrogens (tertiary/aromatic N) is 3. The summed E-state index contributed by atoms with van der Waals surface area (Å²) < 4.78 is 15.8. The standard InChI is InChI=1S/C22H16BrFN4O/c1-14-4-2-7-19(12-14)28-21(15-8-10-17(24)11-9-15)26-20(27-28)22(29)25-18-6-3-5-16(23)13-18/h2-13H,1H3,(H,25,29). The van der Waals surface area contributed by atoms with E-state index in [0.717, 1.165) is 15.7 Å². The maximum absolute atomic E-state index is 13.4. The van der Waals surface area contributed by atoms with Crippen LogP contribution in [0.2, 0.25) is 0 Å². The highest BCUT2D eigenvalue weighted by atomic mass is 79.9. The minimum Gasteiger partial charge on any atom is -0.319 e. The van der Waals surface area contributed by atoms with Crippen LogP contribution >= 0.6 is 15.9 Å². The smallest absolute Gasteiger partial charge is 0.295 e. The number of anilines is 1. The van der Waals surface area contributed by atoms with Gasteiger partial charge in [0.15, 0.2) is 5.82 Å². The number of aryl methyl sites for hydroxylation is 1. The number of benzene rings is 3. The molecule has 1 aromatic heterocycles. The van der Waals surface area contributed by atoms with Crippen molar-refractivity contribution in [3.8, 4) is 17.1 Å². The molecule has 0 radical (unpaired) electrons. The van der Waals surface area contributed by atoms with E-state index in [2.05, 4.69) is 31.3 Å². The van der Waals surface area contributed by atoms with Crippen molar-refractivity contribution < 1.29 is 9.18 Å². The summed E-state index contributed by atoms with van der Waals surface area (Å²) >= 11 is 3.38. The molecule has 5 nitrogen and oxygen atoms in total. The summed E-state index contributed by atoms with van der Waals surface area (Å²) in [5.74, 6) is -0.304. The largest absolute Gasteiger partial charge is 0.319 e. The molecule has 1 N–H and O–H groups in total. The Morgan fingerprint density at radius 2 is 1.79 bits per heavy atom. The first-order chi connectivity index (χ1) is 14.0. The summed E-state index contributed by atoms with van der Waals surface area (Å²) in [6.07, 6.45) is 0. The highest BCUT2D eigenvalue weighted by molar-refractivity contribution is 9.10. The zero-order valence-electron chi connectivity index (χ0n) is 15.4. The molecule has 144 valence electrons. The van der Waals surface area contributed by atoms with E-state index in [0.29, 0.717) is 17.1 Å². The molecule has 0 saturated heterocycles. The van der Waals surface area contributed by atoms with E-state index in [9.17, 15) is 9.18 Å². The van der Waals surface area contributed by atoms with Gasteiger partial charge < -0.3 is 5.32 Å². The monoisotopic (exact) mass is 450 g/mol. The van der Waals surface area contributed by atoms with Gasteiger partial charge in [-0.3, -0.25) is 4.79 Å². The van der Waals surface area contributed by atoms with Crippen molar-refractivity contribution in [2.45, 2.75) is 6.92 Å². The van der Waals surface area contributed by atoms with E-state index in [-0.39, 0.29) is 11.6 Å². The van der Waals surface area contributed by atoms with Crippen LogP contribution in [0.1, 0.15) is 16.2 Å². The van der Waals surface area contributed by atoms with Crippen LogP contribution in [-0.4, -0.2) is 20.7 Å². The zero-order valence-corrected chi connectivity index (χ0v) is 17.0. The Hall–Kier alpha value is -3.32. The van der Waals surface area contributed by atoms with Gasteiger partial charge in [-0.1, -0.05) is 34.1 Å². The molecule has 1 heterocycles. The second kappa shape index (κ2) is 7.97. The Labute approximate surface area is 175 Å². The number of carbonyl (C=O) groups excluding carboxylic acids is 1. The van der Waals surface area contributed by atoms with Crippen LogP contribution in [0.25, 0.3) is 17.1 Å². The first-order valence-electron chi connectivity index (χ1n) is 8.86. The third-order valence-electron chi connectivity index (χ3n) is 4.24. The lowest BCUT2D eigenvalue weighted by Crippen LogP contribution is -2.14. The summed E-state index contributed by atoms with van der Waals surface area (Å²) in [4.78, 5) is 17.2. The minimum absolute atomic E-state index is 0.0193. The molecular weight excluding hydrogens is 435 g/mol. The maximum atomic E-state index is 13.4. The molecule has 4 rings (SSSR count). The Kier molecular flexibility index (Phi) is 5.22. The van der Waals surface area contributed by atoms with Gasteiger partial charge in [0, 0.05) is 15.7 Å². The van der Waals surface area contributed by atoms with E-state index in [4.69, 9.17) is 0 Å². The summed E-state index contributed by atoms with van der Waals surface area (Å²) in [6, 6.07) is 20.9. The number of hydrogen-bond donors (Lipinski definition) is 1. The lowest BCUT2D eigenvalue weighted by Gasteiger charge is -2.06. The van der Waals surface area contributed by atoms with E-state index in [1.165, 1.54) is 12.1 Å². The number of aromatic nitrogens is 3. The Morgan fingerprint density at radius 3 is 2.52 bits per heavy atom. The minimum atomic E-state index is -0.433. The SMILES string of the molecule is Cc1cccc(-n2nc(C(=O)Nc3cccc(Br)c3)nc2-c2ccc(F)cc2)c1. The lowest BCUT2D eigenvalue weighted by atomic mass is 10.2. The van der Waals surface area contributed by atoms with E-state index < -0.39 is 5.91 Å². The highest BCUT2D eigenvalue weighted by Crippen LogP contribution is 2.23. The van der Waals surface area contributed by atoms with E-state index in [1.807, 2.05) is 43.3 Å². The molecule has 0 aliphatic carbocycles. The van der Waals surface area contributed by atoms with Crippen LogP contribution in [0.15, 0.2) is 77.3 Å². The molecule has 0 fully saturated rings. The van der Waals surface area contributed by atoms with Gasteiger partial charge in [0.2, 0.25) is 5.82 Å². The topological polar surface area (TPSA) is 59.8 Å². The van der Waals surface area contributed by atoms with Crippen molar-refractivity contribution in [1.82, 2.24) is 14.8 Å². The van der Waals surface area contributed by atoms with Crippen molar-refractivity contribution in [2.24, 2.45) is 0 Å². The molecule has 0 aliphatic rings. The second-order valence-electron chi connectivity index (χ2n) is 6.48. The first-order valence-corrected chi connectivity index (χ1v) is 9.66. The molecule has 0 saturated carbocycles. The van der Waals surface area contributed by atoms with Crippen LogP contribution in [-0.2, 0) is 0 Å². The fourth-order valence-corrected chi connectivity index (χ4v) is 3.29. The molecular formula is C22H16BrFN4O. The second-order valence-corrected chi connectivity index (χ2v) is 7.40. The van der Waals surface area contributed by atoms with Gasteiger partial charge in [-0.2, -0.15) is 0 Å². The number of carbonyl (C=O) groups is 1. The molecule has 3 aromatic carbocycles. The predicted octanol–water partition coefficient (Wildman–Crippen LogP) is 5.40. The number of hydrogen-bond acceptors (Lipinski definition) is 3. The predicted molar refractivity (Wildman–Crippen MR) is 114 cm³/mol. The third-order valence-corrected chi connectivity index (χ3v) is 4.73. The molecule has 0 aliphatic heterocycles. The molecule has 0 atom stereocenters. The van der Waals surface area contributed by atoms with Gasteiger partial charge in [0.05, 0.1) is 5.69 Å². The third kappa shape index (κ3) is 4.25. The van der Waals surface area contributed by atoms with Crippen LogP contribution < -0.4 is 5.32 Å². The molecule has 29 heavy (non-hydrogen) atoms. The lowest BCUT2D eigenvalue weighted by molar-refractivity contribution is 0.101. The number of rotatable bonds is 4. The van der Waals surface area contributed by atoms with Gasteiger partial charge in [-0.25, -0.2) is 14.1 Å². The van der Waals surface area contributed by atoms with Crippen molar-refractivity contribution in [3.63, 3.8) is 0 Å². The van der Waals surface area contributed by atoms with Gasteiger partial charge >= 0.3 is 0 Å². The van der Waals surface area contributed by atoms with Gasteiger partial charge in [-0.15, -0.1) is 5.10 Å². The molecule has 0 unspecified atom stereocenters. The Bertz CT molecular complexity index is 1190. The fraction of sp³-hybridized carbons (Fsp3) is 0.0455. The average molecular weight is 451 g/mol. The Balaban J connectivity index is 1.76. The quantitative estimate of drug-likeness (QED) is 0.452.